The third-order valence-corrected chi connectivity index (χ3v) is 3.19. The van der Waals surface area contributed by atoms with Gasteiger partial charge in [0.05, 0.1) is 19.8 Å². The Morgan fingerprint density at radius 2 is 1.80 bits per heavy atom. The first-order chi connectivity index (χ1) is 9.51. The molecule has 0 aliphatic carbocycles. The van der Waals surface area contributed by atoms with Crippen LogP contribution in [0.3, 0.4) is 0 Å². The Kier molecular flexibility index (Phi) is 6.31. The molecule has 0 heterocycles. The summed E-state index contributed by atoms with van der Waals surface area (Å²) in [6.07, 6.45) is 1.30. The van der Waals surface area contributed by atoms with Crippen molar-refractivity contribution in [3.05, 3.63) is 22.7 Å². The first-order valence-corrected chi connectivity index (χ1v) is 6.54. The molecule has 1 aromatic carbocycles. The molecule has 6 heteroatoms. The van der Waals surface area contributed by atoms with E-state index in [1.807, 2.05) is 0 Å². The topological polar surface area (TPSA) is 72.8 Å². The van der Waals surface area contributed by atoms with Crippen molar-refractivity contribution in [2.24, 2.45) is 0 Å². The molecule has 0 spiro atoms. The van der Waals surface area contributed by atoms with Gasteiger partial charge in [0.2, 0.25) is 0 Å². The van der Waals surface area contributed by atoms with Gasteiger partial charge >= 0.3 is 5.97 Å². The Morgan fingerprint density at radius 3 is 2.35 bits per heavy atom. The number of ketones is 1. The molecule has 1 N–H and O–H groups in total. The monoisotopic (exact) mass is 300 g/mol. The van der Waals surface area contributed by atoms with Gasteiger partial charge in [-0.2, -0.15) is 0 Å². The van der Waals surface area contributed by atoms with Gasteiger partial charge in [0, 0.05) is 12.8 Å². The van der Waals surface area contributed by atoms with Crippen molar-refractivity contribution in [1.82, 2.24) is 0 Å². The number of benzene rings is 1. The Morgan fingerprint density at radius 1 is 1.15 bits per heavy atom. The van der Waals surface area contributed by atoms with Gasteiger partial charge in [-0.15, -0.1) is 0 Å². The SMILES string of the molecule is COc1ccc(C(=O)CCCCC(=O)O)c(OC)c1Cl. The van der Waals surface area contributed by atoms with Crippen molar-refractivity contribution in [2.75, 3.05) is 14.2 Å². The standard InChI is InChI=1S/C14H17ClO5/c1-19-11-8-7-9(14(20-2)13(11)15)10(16)5-3-4-6-12(17)18/h7-8H,3-6H2,1-2H3,(H,17,18). The number of hydrogen-bond donors (Lipinski definition) is 1. The molecule has 0 aliphatic heterocycles. The number of carboxylic acids is 1. The molecule has 0 fully saturated rings. The van der Waals surface area contributed by atoms with Crippen molar-refractivity contribution in [1.29, 1.82) is 0 Å². The first-order valence-electron chi connectivity index (χ1n) is 6.16. The first kappa shape index (κ1) is 16.3. The summed E-state index contributed by atoms with van der Waals surface area (Å²) in [6.45, 7) is 0. The number of methoxy groups -OCH3 is 2. The van der Waals surface area contributed by atoms with E-state index in [1.54, 1.807) is 12.1 Å². The maximum absolute atomic E-state index is 12.1. The van der Waals surface area contributed by atoms with E-state index in [-0.39, 0.29) is 29.4 Å². The largest absolute Gasteiger partial charge is 0.495 e. The lowest BCUT2D eigenvalue weighted by atomic mass is 10.0. The maximum Gasteiger partial charge on any atom is 0.303 e. The number of hydrogen-bond acceptors (Lipinski definition) is 4. The zero-order chi connectivity index (χ0) is 15.1. The molecule has 0 unspecified atom stereocenters. The molecule has 0 aliphatic rings. The van der Waals surface area contributed by atoms with E-state index in [0.29, 0.717) is 24.2 Å². The van der Waals surface area contributed by atoms with Gasteiger partial charge in [0.15, 0.2) is 11.5 Å². The van der Waals surface area contributed by atoms with Crippen LogP contribution in [0.25, 0.3) is 0 Å². The number of aliphatic carboxylic acids is 1. The second-order valence-electron chi connectivity index (χ2n) is 4.19. The molecule has 0 amide bonds. The summed E-state index contributed by atoms with van der Waals surface area (Å²) in [4.78, 5) is 22.5. The van der Waals surface area contributed by atoms with E-state index in [9.17, 15) is 9.59 Å². The number of carbonyl (C=O) groups is 2. The molecule has 5 nitrogen and oxygen atoms in total. The Bertz CT molecular complexity index is 499. The Balaban J connectivity index is 2.77. The highest BCUT2D eigenvalue weighted by atomic mass is 35.5. The van der Waals surface area contributed by atoms with Crippen LogP contribution in [0.4, 0.5) is 0 Å². The van der Waals surface area contributed by atoms with E-state index in [2.05, 4.69) is 0 Å². The van der Waals surface area contributed by atoms with Gasteiger partial charge in [0.1, 0.15) is 10.8 Å². The fourth-order valence-corrected chi connectivity index (χ4v) is 2.13. The number of unbranched alkanes of at least 4 members (excludes halogenated alkanes) is 1. The van der Waals surface area contributed by atoms with Crippen molar-refractivity contribution in [3.8, 4) is 11.5 Å². The van der Waals surface area contributed by atoms with Crippen molar-refractivity contribution >= 4 is 23.4 Å². The molecule has 20 heavy (non-hydrogen) atoms. The molecule has 1 rings (SSSR count). The van der Waals surface area contributed by atoms with Gasteiger partial charge in [-0.25, -0.2) is 0 Å². The van der Waals surface area contributed by atoms with Crippen LogP contribution in [-0.2, 0) is 4.79 Å². The fraction of sp³-hybridized carbons (Fsp3) is 0.429. The summed E-state index contributed by atoms with van der Waals surface area (Å²) in [5, 5.41) is 8.79. The second-order valence-corrected chi connectivity index (χ2v) is 4.56. The minimum Gasteiger partial charge on any atom is -0.495 e. The maximum atomic E-state index is 12.1. The minimum atomic E-state index is -0.859. The lowest BCUT2D eigenvalue weighted by Gasteiger charge is -2.12. The molecule has 1 aromatic rings. The highest BCUT2D eigenvalue weighted by Crippen LogP contribution is 2.37. The summed E-state index contributed by atoms with van der Waals surface area (Å²) in [5.41, 5.74) is 0.383. The van der Waals surface area contributed by atoms with Crippen molar-refractivity contribution in [2.45, 2.75) is 25.7 Å². The van der Waals surface area contributed by atoms with Crippen LogP contribution >= 0.6 is 11.6 Å². The van der Waals surface area contributed by atoms with Crippen molar-refractivity contribution in [3.63, 3.8) is 0 Å². The van der Waals surface area contributed by atoms with Crippen LogP contribution in [0.5, 0.6) is 11.5 Å². The Labute approximate surface area is 122 Å². The van der Waals surface area contributed by atoms with Gasteiger partial charge in [-0.05, 0) is 25.0 Å². The average molecular weight is 301 g/mol. The predicted molar refractivity (Wildman–Crippen MR) is 75.0 cm³/mol. The molecule has 0 aromatic heterocycles. The highest BCUT2D eigenvalue weighted by Gasteiger charge is 2.18. The number of Topliss-reactive ketones (excluding diaryl/α,β-unsaturated/α-hetero) is 1. The zero-order valence-electron chi connectivity index (χ0n) is 11.4. The van der Waals surface area contributed by atoms with E-state index < -0.39 is 5.97 Å². The summed E-state index contributed by atoms with van der Waals surface area (Å²) in [6, 6.07) is 3.21. The summed E-state index contributed by atoms with van der Waals surface area (Å²) >= 11 is 6.08. The van der Waals surface area contributed by atoms with Crippen LogP contribution < -0.4 is 9.47 Å². The third-order valence-electron chi connectivity index (χ3n) is 2.83. The number of ether oxygens (including phenoxy) is 2. The minimum absolute atomic E-state index is 0.0633. The van der Waals surface area contributed by atoms with Gasteiger partial charge in [0.25, 0.3) is 0 Å². The van der Waals surface area contributed by atoms with E-state index >= 15 is 0 Å². The van der Waals surface area contributed by atoms with Gasteiger partial charge in [-0.3, -0.25) is 9.59 Å². The summed E-state index contributed by atoms with van der Waals surface area (Å²) < 4.78 is 10.2. The highest BCUT2D eigenvalue weighted by molar-refractivity contribution is 6.34. The molecular weight excluding hydrogens is 284 g/mol. The molecule has 0 atom stereocenters. The van der Waals surface area contributed by atoms with Crippen LogP contribution in [0.15, 0.2) is 12.1 Å². The smallest absolute Gasteiger partial charge is 0.303 e. The molecule has 0 saturated carbocycles. The van der Waals surface area contributed by atoms with Gasteiger partial charge in [-0.1, -0.05) is 11.6 Å². The normalized spacial score (nSPS) is 10.2. The van der Waals surface area contributed by atoms with E-state index in [1.165, 1.54) is 14.2 Å². The summed E-state index contributed by atoms with van der Waals surface area (Å²) in [5.74, 6) is -0.264. The molecule has 0 radical (unpaired) electrons. The molecule has 0 saturated heterocycles. The lowest BCUT2D eigenvalue weighted by molar-refractivity contribution is -0.137. The third kappa shape index (κ3) is 4.13. The van der Waals surface area contributed by atoms with Crippen LogP contribution in [0, 0.1) is 0 Å². The second kappa shape index (κ2) is 7.75. The quantitative estimate of drug-likeness (QED) is 0.589. The average Bonchev–Trinajstić information content (AvgIpc) is 2.42. The van der Waals surface area contributed by atoms with E-state index in [0.717, 1.165) is 0 Å². The van der Waals surface area contributed by atoms with Gasteiger partial charge < -0.3 is 14.6 Å². The number of halogens is 1. The number of carboxylic acid groups (broad SMARTS) is 1. The summed E-state index contributed by atoms with van der Waals surface area (Å²) in [7, 11) is 2.91. The van der Waals surface area contributed by atoms with Crippen LogP contribution in [-0.4, -0.2) is 31.1 Å². The number of rotatable bonds is 8. The molecular formula is C14H17ClO5. The van der Waals surface area contributed by atoms with Crippen LogP contribution in [0.1, 0.15) is 36.0 Å². The Hall–Kier alpha value is -1.75. The fourth-order valence-electron chi connectivity index (χ4n) is 1.81. The zero-order valence-corrected chi connectivity index (χ0v) is 12.2. The molecule has 0 bridgehead atoms. The molecule has 110 valence electrons. The lowest BCUT2D eigenvalue weighted by Crippen LogP contribution is -2.04. The van der Waals surface area contributed by atoms with E-state index in [4.69, 9.17) is 26.2 Å². The van der Waals surface area contributed by atoms with Crippen LogP contribution in [0.2, 0.25) is 5.02 Å². The van der Waals surface area contributed by atoms with Crippen molar-refractivity contribution < 1.29 is 24.2 Å². The predicted octanol–water partition coefficient (Wildman–Crippen LogP) is 3.18. The number of carbonyl (C=O) groups excluding carboxylic acids is 1.